The van der Waals surface area contributed by atoms with E-state index in [2.05, 4.69) is 10.6 Å². The number of ether oxygens (including phenoxy) is 1. The quantitative estimate of drug-likeness (QED) is 0.753. The van der Waals surface area contributed by atoms with Gasteiger partial charge in [-0.05, 0) is 50.8 Å². The maximum Gasteiger partial charge on any atom is 0.235 e. The Morgan fingerprint density at radius 3 is 2.36 bits per heavy atom. The summed E-state index contributed by atoms with van der Waals surface area (Å²) in [5.41, 5.74) is 0.0732. The zero-order valence-electron chi connectivity index (χ0n) is 13.4. The van der Waals surface area contributed by atoms with Crippen LogP contribution in [0.3, 0.4) is 0 Å². The molecule has 0 radical (unpaired) electrons. The van der Waals surface area contributed by atoms with Crippen LogP contribution in [0, 0.1) is 5.41 Å². The monoisotopic (exact) mass is 304 g/mol. The van der Waals surface area contributed by atoms with Crippen molar-refractivity contribution >= 4 is 11.8 Å². The van der Waals surface area contributed by atoms with Gasteiger partial charge in [-0.1, -0.05) is 12.1 Å². The standard InChI is InChI=1S/C17H24N2O3/c1-17(2,16(21)19-13-6-7-13)15(20)18-11-10-12-4-8-14(22-3)9-5-12/h4-5,8-9,13H,6-7,10-11H2,1-3H3,(H,18,20)(H,19,21). The maximum absolute atomic E-state index is 12.2. The summed E-state index contributed by atoms with van der Waals surface area (Å²) in [6.45, 7) is 3.83. The first-order valence-electron chi connectivity index (χ1n) is 7.65. The molecular formula is C17H24N2O3. The molecule has 2 amide bonds. The lowest BCUT2D eigenvalue weighted by Crippen LogP contribution is -2.48. The summed E-state index contributed by atoms with van der Waals surface area (Å²) >= 11 is 0. The Morgan fingerprint density at radius 2 is 1.82 bits per heavy atom. The summed E-state index contributed by atoms with van der Waals surface area (Å²) < 4.78 is 5.11. The van der Waals surface area contributed by atoms with Gasteiger partial charge in [0.2, 0.25) is 11.8 Å². The Hall–Kier alpha value is -2.04. The van der Waals surface area contributed by atoms with Gasteiger partial charge in [0.1, 0.15) is 11.2 Å². The topological polar surface area (TPSA) is 67.4 Å². The summed E-state index contributed by atoms with van der Waals surface area (Å²) in [5, 5.41) is 5.73. The van der Waals surface area contributed by atoms with Crippen LogP contribution >= 0.6 is 0 Å². The van der Waals surface area contributed by atoms with E-state index in [-0.39, 0.29) is 17.9 Å². The van der Waals surface area contributed by atoms with Crippen LogP contribution in [0.25, 0.3) is 0 Å². The lowest BCUT2D eigenvalue weighted by molar-refractivity contribution is -0.141. The van der Waals surface area contributed by atoms with Gasteiger partial charge in [0, 0.05) is 12.6 Å². The number of nitrogens with one attached hydrogen (secondary N) is 2. The van der Waals surface area contributed by atoms with E-state index in [9.17, 15) is 9.59 Å². The molecule has 5 nitrogen and oxygen atoms in total. The molecule has 0 aromatic heterocycles. The van der Waals surface area contributed by atoms with Gasteiger partial charge in [0.25, 0.3) is 0 Å². The molecule has 1 saturated carbocycles. The highest BCUT2D eigenvalue weighted by Gasteiger charge is 2.38. The van der Waals surface area contributed by atoms with Crippen molar-refractivity contribution in [2.75, 3.05) is 13.7 Å². The molecule has 0 heterocycles. The Kier molecular flexibility index (Phi) is 5.06. The summed E-state index contributed by atoms with van der Waals surface area (Å²) in [6, 6.07) is 7.99. The summed E-state index contributed by atoms with van der Waals surface area (Å²) in [6.07, 6.45) is 2.75. The molecule has 1 aromatic carbocycles. The van der Waals surface area contributed by atoms with Crippen molar-refractivity contribution in [2.45, 2.75) is 39.2 Å². The van der Waals surface area contributed by atoms with Gasteiger partial charge in [-0.15, -0.1) is 0 Å². The smallest absolute Gasteiger partial charge is 0.235 e. The van der Waals surface area contributed by atoms with Gasteiger partial charge in [-0.2, -0.15) is 0 Å². The van der Waals surface area contributed by atoms with Crippen LogP contribution in [-0.2, 0) is 16.0 Å². The Bertz CT molecular complexity index is 533. The number of hydrogen-bond donors (Lipinski definition) is 2. The van der Waals surface area contributed by atoms with Gasteiger partial charge >= 0.3 is 0 Å². The third kappa shape index (κ3) is 4.23. The number of amides is 2. The fraction of sp³-hybridized carbons (Fsp3) is 0.529. The predicted molar refractivity (Wildman–Crippen MR) is 84.7 cm³/mol. The largest absolute Gasteiger partial charge is 0.497 e. The van der Waals surface area contributed by atoms with Crippen molar-refractivity contribution in [3.8, 4) is 5.75 Å². The Morgan fingerprint density at radius 1 is 1.18 bits per heavy atom. The molecule has 1 aromatic rings. The molecular weight excluding hydrogens is 280 g/mol. The number of hydrogen-bond acceptors (Lipinski definition) is 3. The second-order valence-electron chi connectivity index (χ2n) is 6.23. The van der Waals surface area contributed by atoms with Gasteiger partial charge < -0.3 is 15.4 Å². The minimum atomic E-state index is -1.04. The molecule has 0 unspecified atom stereocenters. The zero-order chi connectivity index (χ0) is 16.2. The van der Waals surface area contributed by atoms with Crippen LogP contribution in [0.1, 0.15) is 32.3 Å². The molecule has 0 spiro atoms. The van der Waals surface area contributed by atoms with E-state index in [1.807, 2.05) is 24.3 Å². The van der Waals surface area contributed by atoms with Crippen LogP contribution in [-0.4, -0.2) is 31.5 Å². The summed E-state index contributed by atoms with van der Waals surface area (Å²) in [4.78, 5) is 24.3. The van der Waals surface area contributed by atoms with E-state index in [1.165, 1.54) is 0 Å². The van der Waals surface area contributed by atoms with Crippen LogP contribution in [0.15, 0.2) is 24.3 Å². The first-order valence-corrected chi connectivity index (χ1v) is 7.65. The highest BCUT2D eigenvalue weighted by atomic mass is 16.5. The average Bonchev–Trinajstić information content (AvgIpc) is 3.31. The van der Waals surface area contributed by atoms with E-state index in [1.54, 1.807) is 21.0 Å². The third-order valence-electron chi connectivity index (χ3n) is 3.91. The van der Waals surface area contributed by atoms with Crippen LogP contribution < -0.4 is 15.4 Å². The highest BCUT2D eigenvalue weighted by Crippen LogP contribution is 2.23. The van der Waals surface area contributed by atoms with Gasteiger partial charge in [-0.3, -0.25) is 9.59 Å². The third-order valence-corrected chi connectivity index (χ3v) is 3.91. The molecule has 0 aliphatic heterocycles. The average molecular weight is 304 g/mol. The van der Waals surface area contributed by atoms with E-state index < -0.39 is 5.41 Å². The van der Waals surface area contributed by atoms with Crippen molar-refractivity contribution in [2.24, 2.45) is 5.41 Å². The minimum absolute atomic E-state index is 0.197. The van der Waals surface area contributed by atoms with Gasteiger partial charge in [-0.25, -0.2) is 0 Å². The van der Waals surface area contributed by atoms with Crippen molar-refractivity contribution in [3.05, 3.63) is 29.8 Å². The van der Waals surface area contributed by atoms with Crippen molar-refractivity contribution in [1.82, 2.24) is 10.6 Å². The molecule has 0 saturated heterocycles. The fourth-order valence-electron chi connectivity index (χ4n) is 2.03. The maximum atomic E-state index is 12.2. The highest BCUT2D eigenvalue weighted by molar-refractivity contribution is 6.04. The first kappa shape index (κ1) is 16.3. The van der Waals surface area contributed by atoms with Crippen LogP contribution in [0.5, 0.6) is 5.75 Å². The molecule has 1 aliphatic carbocycles. The van der Waals surface area contributed by atoms with E-state index >= 15 is 0 Å². The van der Waals surface area contributed by atoms with Gasteiger partial charge in [0.05, 0.1) is 7.11 Å². The second-order valence-corrected chi connectivity index (χ2v) is 6.23. The molecule has 2 rings (SSSR count). The normalized spacial score (nSPS) is 14.3. The Balaban J connectivity index is 1.79. The van der Waals surface area contributed by atoms with Crippen LogP contribution in [0.4, 0.5) is 0 Å². The SMILES string of the molecule is COc1ccc(CCNC(=O)C(C)(C)C(=O)NC2CC2)cc1. The lowest BCUT2D eigenvalue weighted by Gasteiger charge is -2.22. The van der Waals surface area contributed by atoms with Crippen molar-refractivity contribution in [1.29, 1.82) is 0 Å². The van der Waals surface area contributed by atoms with E-state index in [0.717, 1.165) is 30.6 Å². The number of benzene rings is 1. The molecule has 0 atom stereocenters. The molecule has 0 bridgehead atoms. The number of methoxy groups -OCH3 is 1. The Labute approximate surface area is 131 Å². The van der Waals surface area contributed by atoms with Crippen molar-refractivity contribution in [3.63, 3.8) is 0 Å². The molecule has 120 valence electrons. The predicted octanol–water partition coefficient (Wildman–Crippen LogP) is 1.66. The summed E-state index contributed by atoms with van der Waals surface area (Å²) in [5.74, 6) is 0.377. The summed E-state index contributed by atoms with van der Waals surface area (Å²) in [7, 11) is 1.63. The fourth-order valence-corrected chi connectivity index (χ4v) is 2.03. The van der Waals surface area contributed by atoms with E-state index in [0.29, 0.717) is 6.54 Å². The molecule has 2 N–H and O–H groups in total. The minimum Gasteiger partial charge on any atom is -0.497 e. The molecule has 1 aliphatic rings. The number of carbonyl (C=O) groups excluding carboxylic acids is 2. The molecule has 22 heavy (non-hydrogen) atoms. The molecule has 5 heteroatoms. The van der Waals surface area contributed by atoms with Crippen LogP contribution in [0.2, 0.25) is 0 Å². The number of carbonyl (C=O) groups is 2. The molecule has 1 fully saturated rings. The number of rotatable bonds is 7. The van der Waals surface area contributed by atoms with Gasteiger partial charge in [0.15, 0.2) is 0 Å². The second kappa shape index (κ2) is 6.81. The van der Waals surface area contributed by atoms with E-state index in [4.69, 9.17) is 4.74 Å². The zero-order valence-corrected chi connectivity index (χ0v) is 13.4. The first-order chi connectivity index (χ1) is 10.4. The lowest BCUT2D eigenvalue weighted by atomic mass is 9.91. The van der Waals surface area contributed by atoms with Crippen molar-refractivity contribution < 1.29 is 14.3 Å².